The third-order valence-corrected chi connectivity index (χ3v) is 6.22. The molecule has 100 valence electrons. The first-order valence-corrected chi connectivity index (χ1v) is 7.60. The minimum atomic E-state index is -0.406. The molecule has 2 fully saturated rings. The van der Waals surface area contributed by atoms with Crippen LogP contribution in [0, 0.1) is 16.7 Å². The van der Waals surface area contributed by atoms with Crippen LogP contribution in [-0.2, 0) is 0 Å². The van der Waals surface area contributed by atoms with Crippen LogP contribution in [0.3, 0.4) is 0 Å². The Balaban J connectivity index is 2.06. The topological polar surface area (TPSA) is 20.2 Å². The summed E-state index contributed by atoms with van der Waals surface area (Å²) < 4.78 is 0. The van der Waals surface area contributed by atoms with Crippen LogP contribution in [0.25, 0.3) is 0 Å². The number of hydrogen-bond acceptors (Lipinski definition) is 1. The van der Waals surface area contributed by atoms with Crippen molar-refractivity contribution in [3.63, 3.8) is 0 Å². The highest BCUT2D eigenvalue weighted by Gasteiger charge is 2.67. The van der Waals surface area contributed by atoms with Crippen LogP contribution >= 0.6 is 0 Å². The summed E-state index contributed by atoms with van der Waals surface area (Å²) in [6.45, 7) is 9.20. The van der Waals surface area contributed by atoms with Gasteiger partial charge in [-0.15, -0.1) is 0 Å². The normalized spacial score (nSPS) is 43.2. The standard InChI is InChI=1S/C16H30O/c1-5-6-7-8-10-16(17)14(2,3)13-9-11-15(16,4)12-13/h13,17H,5-12H2,1-4H3. The summed E-state index contributed by atoms with van der Waals surface area (Å²) in [7, 11) is 0. The fraction of sp³-hybridized carbons (Fsp3) is 1.00. The molecular formula is C16H30O. The average Bonchev–Trinajstić information content (AvgIpc) is 2.73. The van der Waals surface area contributed by atoms with E-state index in [0.717, 1.165) is 12.3 Å². The molecular weight excluding hydrogens is 208 g/mol. The van der Waals surface area contributed by atoms with Crippen molar-refractivity contribution < 1.29 is 5.11 Å². The van der Waals surface area contributed by atoms with Crippen LogP contribution in [0.15, 0.2) is 0 Å². The first-order valence-electron chi connectivity index (χ1n) is 7.60. The van der Waals surface area contributed by atoms with E-state index >= 15 is 0 Å². The maximum absolute atomic E-state index is 11.3. The number of fused-ring (bicyclic) bond motifs is 2. The number of rotatable bonds is 5. The second-order valence-electron chi connectivity index (χ2n) is 7.39. The van der Waals surface area contributed by atoms with Crippen molar-refractivity contribution in [2.45, 2.75) is 84.7 Å². The van der Waals surface area contributed by atoms with E-state index in [0.29, 0.717) is 0 Å². The first kappa shape index (κ1) is 13.4. The van der Waals surface area contributed by atoms with Crippen molar-refractivity contribution in [1.82, 2.24) is 0 Å². The highest BCUT2D eigenvalue weighted by molar-refractivity contribution is 5.17. The zero-order valence-corrected chi connectivity index (χ0v) is 12.2. The van der Waals surface area contributed by atoms with Crippen LogP contribution in [-0.4, -0.2) is 10.7 Å². The van der Waals surface area contributed by atoms with Gasteiger partial charge in [0.25, 0.3) is 0 Å². The Labute approximate surface area is 107 Å². The molecule has 2 aliphatic carbocycles. The molecule has 1 N–H and O–H groups in total. The summed E-state index contributed by atoms with van der Waals surface area (Å²) in [4.78, 5) is 0. The molecule has 2 rings (SSSR count). The zero-order valence-electron chi connectivity index (χ0n) is 12.2. The van der Waals surface area contributed by atoms with E-state index in [-0.39, 0.29) is 10.8 Å². The summed E-state index contributed by atoms with van der Waals surface area (Å²) in [6.07, 6.45) is 9.94. The van der Waals surface area contributed by atoms with Crippen molar-refractivity contribution in [3.8, 4) is 0 Å². The summed E-state index contributed by atoms with van der Waals surface area (Å²) in [5.41, 5.74) is -0.0732. The second-order valence-corrected chi connectivity index (χ2v) is 7.39. The van der Waals surface area contributed by atoms with Crippen molar-refractivity contribution >= 4 is 0 Å². The molecule has 2 bridgehead atoms. The Kier molecular flexibility index (Phi) is 3.36. The molecule has 0 radical (unpaired) electrons. The first-order chi connectivity index (χ1) is 7.87. The molecule has 17 heavy (non-hydrogen) atoms. The summed E-state index contributed by atoms with van der Waals surface area (Å²) in [5, 5.41) is 11.3. The smallest absolute Gasteiger partial charge is 0.0754 e. The van der Waals surface area contributed by atoms with Gasteiger partial charge in [-0.25, -0.2) is 0 Å². The lowest BCUT2D eigenvalue weighted by atomic mass is 9.58. The molecule has 0 heterocycles. The van der Waals surface area contributed by atoms with E-state index in [4.69, 9.17) is 0 Å². The van der Waals surface area contributed by atoms with Gasteiger partial charge in [0.1, 0.15) is 0 Å². The molecule has 3 unspecified atom stereocenters. The van der Waals surface area contributed by atoms with Crippen molar-refractivity contribution in [2.24, 2.45) is 16.7 Å². The quantitative estimate of drug-likeness (QED) is 0.697. The van der Waals surface area contributed by atoms with Gasteiger partial charge in [-0.3, -0.25) is 0 Å². The predicted molar refractivity (Wildman–Crippen MR) is 72.9 cm³/mol. The molecule has 0 aromatic heterocycles. The van der Waals surface area contributed by atoms with E-state index in [1.807, 2.05) is 0 Å². The van der Waals surface area contributed by atoms with E-state index in [9.17, 15) is 5.11 Å². The van der Waals surface area contributed by atoms with Crippen LogP contribution in [0.1, 0.15) is 79.1 Å². The number of unbranched alkanes of at least 4 members (excludes halogenated alkanes) is 3. The van der Waals surface area contributed by atoms with Crippen LogP contribution < -0.4 is 0 Å². The lowest BCUT2D eigenvalue weighted by molar-refractivity contribution is -0.148. The highest BCUT2D eigenvalue weighted by Crippen LogP contribution is 2.69. The zero-order chi connectivity index (χ0) is 12.7. The van der Waals surface area contributed by atoms with Crippen LogP contribution in [0.2, 0.25) is 0 Å². The van der Waals surface area contributed by atoms with Gasteiger partial charge in [-0.2, -0.15) is 0 Å². The van der Waals surface area contributed by atoms with Gasteiger partial charge in [0.15, 0.2) is 0 Å². The summed E-state index contributed by atoms with van der Waals surface area (Å²) in [5.74, 6) is 0.753. The van der Waals surface area contributed by atoms with Crippen molar-refractivity contribution in [3.05, 3.63) is 0 Å². The fourth-order valence-corrected chi connectivity index (χ4v) is 4.78. The number of aliphatic hydroxyl groups is 1. The third-order valence-electron chi connectivity index (χ3n) is 6.22. The second kappa shape index (κ2) is 4.26. The molecule has 2 saturated carbocycles. The fourth-order valence-electron chi connectivity index (χ4n) is 4.78. The third kappa shape index (κ3) is 1.77. The van der Waals surface area contributed by atoms with Gasteiger partial charge >= 0.3 is 0 Å². The molecule has 2 aliphatic rings. The molecule has 0 spiro atoms. The maximum atomic E-state index is 11.3. The molecule has 0 amide bonds. The summed E-state index contributed by atoms with van der Waals surface area (Å²) >= 11 is 0. The van der Waals surface area contributed by atoms with Gasteiger partial charge < -0.3 is 5.11 Å². The van der Waals surface area contributed by atoms with Crippen LogP contribution in [0.5, 0.6) is 0 Å². The summed E-state index contributed by atoms with van der Waals surface area (Å²) in [6, 6.07) is 0. The van der Waals surface area contributed by atoms with Crippen LogP contribution in [0.4, 0.5) is 0 Å². The SMILES string of the molecule is CCCCCCC1(O)C2(C)CCC(C2)C1(C)C. The Hall–Kier alpha value is -0.0400. The minimum absolute atomic E-state index is 0.131. The van der Waals surface area contributed by atoms with Crippen molar-refractivity contribution in [1.29, 1.82) is 0 Å². The molecule has 0 saturated heterocycles. The van der Waals surface area contributed by atoms with E-state index < -0.39 is 5.60 Å². The lowest BCUT2D eigenvalue weighted by Crippen LogP contribution is -2.53. The van der Waals surface area contributed by atoms with Gasteiger partial charge in [0.05, 0.1) is 5.60 Å². The van der Waals surface area contributed by atoms with E-state index in [1.54, 1.807) is 0 Å². The van der Waals surface area contributed by atoms with Gasteiger partial charge in [-0.05, 0) is 42.4 Å². The van der Waals surface area contributed by atoms with Gasteiger partial charge in [0.2, 0.25) is 0 Å². The largest absolute Gasteiger partial charge is 0.389 e. The molecule has 1 nitrogen and oxygen atoms in total. The Morgan fingerprint density at radius 3 is 2.35 bits per heavy atom. The Morgan fingerprint density at radius 1 is 1.12 bits per heavy atom. The predicted octanol–water partition coefficient (Wildman–Crippen LogP) is 4.53. The number of hydrogen-bond donors (Lipinski definition) is 1. The molecule has 1 heteroatoms. The van der Waals surface area contributed by atoms with Gasteiger partial charge in [-0.1, -0.05) is 53.4 Å². The molecule has 0 aliphatic heterocycles. The molecule has 3 atom stereocenters. The van der Waals surface area contributed by atoms with Crippen molar-refractivity contribution in [2.75, 3.05) is 0 Å². The highest BCUT2D eigenvalue weighted by atomic mass is 16.3. The van der Waals surface area contributed by atoms with E-state index in [1.165, 1.54) is 44.9 Å². The van der Waals surface area contributed by atoms with E-state index in [2.05, 4.69) is 27.7 Å². The lowest BCUT2D eigenvalue weighted by Gasteiger charge is -2.51. The minimum Gasteiger partial charge on any atom is -0.389 e. The average molecular weight is 238 g/mol. The van der Waals surface area contributed by atoms with Gasteiger partial charge in [0, 0.05) is 0 Å². The Morgan fingerprint density at radius 2 is 1.82 bits per heavy atom. The molecule has 0 aromatic rings. The maximum Gasteiger partial charge on any atom is 0.0754 e. The monoisotopic (exact) mass is 238 g/mol. The molecule has 0 aromatic carbocycles. The Bertz CT molecular complexity index is 276.